The summed E-state index contributed by atoms with van der Waals surface area (Å²) in [7, 11) is 0. The van der Waals surface area contributed by atoms with Gasteiger partial charge in [0, 0.05) is 0 Å². The summed E-state index contributed by atoms with van der Waals surface area (Å²) < 4.78 is 0. The molecule has 5 atom stereocenters. The highest BCUT2D eigenvalue weighted by atomic mass is 32.2. The smallest absolute Gasteiger partial charge is 0.328 e. The number of hydrogen-bond donors (Lipinski definition) is 8. The van der Waals surface area contributed by atoms with Gasteiger partial charge in [-0.05, 0) is 62.5 Å². The Labute approximate surface area is 251 Å². The zero-order chi connectivity index (χ0) is 31.8. The van der Waals surface area contributed by atoms with Crippen LogP contribution in [0.4, 0.5) is 0 Å². The highest BCUT2D eigenvalue weighted by Gasteiger charge is 2.31. The lowest BCUT2D eigenvalue weighted by Gasteiger charge is -2.25. The third-order valence-electron chi connectivity index (χ3n) is 6.54. The van der Waals surface area contributed by atoms with Gasteiger partial charge in [0.1, 0.15) is 24.2 Å². The molecule has 0 saturated carbocycles. The predicted molar refractivity (Wildman–Crippen MR) is 158 cm³/mol. The van der Waals surface area contributed by atoms with Crippen molar-refractivity contribution in [2.45, 2.75) is 90.0 Å². The summed E-state index contributed by atoms with van der Waals surface area (Å²) in [6.07, 6.45) is 4.19. The molecule has 0 radical (unpaired) electrons. The summed E-state index contributed by atoms with van der Waals surface area (Å²) in [6, 6.07) is -4.84. The molecule has 1 fully saturated rings. The number of rotatable bonds is 19. The van der Waals surface area contributed by atoms with Gasteiger partial charge in [-0.1, -0.05) is 27.7 Å². The van der Waals surface area contributed by atoms with E-state index in [2.05, 4.69) is 31.9 Å². The molecular weight excluding hydrogens is 568 g/mol. The fraction of sp³-hybridized carbons (Fsp3) is 0.778. The highest BCUT2D eigenvalue weighted by molar-refractivity contribution is 7.98. The molecule has 0 aliphatic carbocycles. The number of aliphatic carboxylic acids is 1. The molecule has 0 unspecified atom stereocenters. The Morgan fingerprint density at radius 3 is 1.90 bits per heavy atom. The molecule has 0 aromatic heterocycles. The van der Waals surface area contributed by atoms with Gasteiger partial charge in [0.2, 0.25) is 29.5 Å². The maximum absolute atomic E-state index is 13.2. The van der Waals surface area contributed by atoms with Gasteiger partial charge in [-0.3, -0.25) is 24.0 Å². The fourth-order valence-electron chi connectivity index (χ4n) is 4.36. The molecule has 0 spiro atoms. The largest absolute Gasteiger partial charge is 0.480 e. The van der Waals surface area contributed by atoms with Crippen molar-refractivity contribution in [3.05, 3.63) is 0 Å². The number of carbonyl (C=O) groups is 6. The monoisotopic (exact) mass is 616 g/mol. The van der Waals surface area contributed by atoms with E-state index in [1.54, 1.807) is 0 Å². The topological polar surface area (TPSA) is 215 Å². The molecule has 15 heteroatoms. The molecule has 42 heavy (non-hydrogen) atoms. The van der Waals surface area contributed by atoms with Gasteiger partial charge < -0.3 is 42.1 Å². The third kappa shape index (κ3) is 13.8. The zero-order valence-electron chi connectivity index (χ0n) is 25.2. The van der Waals surface area contributed by atoms with E-state index < -0.39 is 66.9 Å². The third-order valence-corrected chi connectivity index (χ3v) is 7.18. The Kier molecular flexibility index (Phi) is 17.1. The quantitative estimate of drug-likeness (QED) is 0.0860. The average molecular weight is 617 g/mol. The van der Waals surface area contributed by atoms with Gasteiger partial charge in [-0.2, -0.15) is 11.8 Å². The number of aliphatic hydroxyl groups is 1. The summed E-state index contributed by atoms with van der Waals surface area (Å²) in [5, 5.41) is 34.2. The predicted octanol–water partition coefficient (Wildman–Crippen LogP) is -1.28. The Morgan fingerprint density at radius 1 is 0.833 bits per heavy atom. The Hall–Kier alpha value is -2.91. The van der Waals surface area contributed by atoms with E-state index in [-0.39, 0.29) is 36.6 Å². The maximum atomic E-state index is 13.2. The lowest BCUT2D eigenvalue weighted by molar-refractivity contribution is -0.143. The van der Waals surface area contributed by atoms with Gasteiger partial charge in [-0.25, -0.2) is 4.79 Å². The van der Waals surface area contributed by atoms with Crippen LogP contribution in [-0.4, -0.2) is 108 Å². The minimum absolute atomic E-state index is 0.0448. The van der Waals surface area contributed by atoms with E-state index in [9.17, 15) is 33.9 Å². The Morgan fingerprint density at radius 2 is 1.40 bits per heavy atom. The minimum atomic E-state index is -1.53. The van der Waals surface area contributed by atoms with Crippen molar-refractivity contribution >= 4 is 47.3 Å². The van der Waals surface area contributed by atoms with Crippen molar-refractivity contribution in [2.24, 2.45) is 11.8 Å². The van der Waals surface area contributed by atoms with Crippen LogP contribution in [0, 0.1) is 11.8 Å². The molecule has 1 rings (SSSR count). The molecule has 1 heterocycles. The summed E-state index contributed by atoms with van der Waals surface area (Å²) in [4.78, 5) is 75.4. The Bertz CT molecular complexity index is 928. The van der Waals surface area contributed by atoms with Crippen molar-refractivity contribution in [3.8, 4) is 0 Å². The van der Waals surface area contributed by atoms with Crippen molar-refractivity contribution < 1.29 is 39.0 Å². The molecule has 14 nitrogen and oxygen atoms in total. The van der Waals surface area contributed by atoms with Crippen LogP contribution in [0.15, 0.2) is 0 Å². The average Bonchev–Trinajstić information content (AvgIpc) is 3.46. The van der Waals surface area contributed by atoms with E-state index in [0.29, 0.717) is 18.6 Å². The Balaban J connectivity index is 2.85. The molecule has 240 valence electrons. The number of aliphatic hydroxyl groups excluding tert-OH is 1. The minimum Gasteiger partial charge on any atom is -0.480 e. The zero-order valence-corrected chi connectivity index (χ0v) is 26.0. The van der Waals surface area contributed by atoms with E-state index >= 15 is 0 Å². The molecule has 1 aliphatic rings. The van der Waals surface area contributed by atoms with Crippen LogP contribution in [0.25, 0.3) is 0 Å². The molecular formula is C27H48N6O8S. The van der Waals surface area contributed by atoms with Gasteiger partial charge in [0.05, 0.1) is 19.2 Å². The molecule has 1 saturated heterocycles. The van der Waals surface area contributed by atoms with Crippen LogP contribution in [-0.2, 0) is 28.8 Å². The SMILES string of the molecule is CSCC[C@H](NC(=O)CNC(=O)[C@H](CC(C)C)NC(=O)[C@@H]1CCCN1)C(=O)N[C@@H](CC(C)C)C(=O)N[C@@H](CO)C(=O)O. The lowest BCUT2D eigenvalue weighted by atomic mass is 10.0. The molecule has 8 N–H and O–H groups in total. The molecule has 1 aliphatic heterocycles. The summed E-state index contributed by atoms with van der Waals surface area (Å²) in [5.41, 5.74) is 0. The molecule has 5 amide bonds. The van der Waals surface area contributed by atoms with Gasteiger partial charge in [0.15, 0.2) is 0 Å². The van der Waals surface area contributed by atoms with E-state index in [1.165, 1.54) is 11.8 Å². The summed E-state index contributed by atoms with van der Waals surface area (Å²) in [6.45, 7) is 6.96. The molecule has 0 aromatic rings. The maximum Gasteiger partial charge on any atom is 0.328 e. The standard InChI is InChI=1S/C27H48N6O8S/c1-15(2)11-19(31-24(37)17-7-6-9-28-17)23(36)29-13-22(35)30-18(8-10-42-5)25(38)32-20(12-16(3)4)26(39)33-21(14-34)27(40)41/h15-21,28,34H,6-14H2,1-5H3,(H,29,36)(H,30,35)(H,31,37)(H,32,38)(H,33,39)(H,40,41)/t17-,18-,19-,20-,21-/m0/s1. The first-order valence-electron chi connectivity index (χ1n) is 14.3. The van der Waals surface area contributed by atoms with Crippen LogP contribution in [0.1, 0.15) is 59.8 Å². The van der Waals surface area contributed by atoms with E-state index in [0.717, 1.165) is 13.0 Å². The number of amides is 5. The summed E-state index contributed by atoms with van der Waals surface area (Å²) in [5.74, 6) is -3.68. The number of thioether (sulfide) groups is 1. The number of carbonyl (C=O) groups excluding carboxylic acids is 5. The first-order chi connectivity index (χ1) is 19.8. The van der Waals surface area contributed by atoms with Crippen LogP contribution in [0.3, 0.4) is 0 Å². The first-order valence-corrected chi connectivity index (χ1v) is 15.7. The fourth-order valence-corrected chi connectivity index (χ4v) is 4.83. The first kappa shape index (κ1) is 37.1. The molecule has 0 bridgehead atoms. The van der Waals surface area contributed by atoms with Crippen LogP contribution < -0.4 is 31.9 Å². The van der Waals surface area contributed by atoms with E-state index in [4.69, 9.17) is 5.11 Å². The van der Waals surface area contributed by atoms with Gasteiger partial charge >= 0.3 is 5.97 Å². The van der Waals surface area contributed by atoms with Crippen LogP contribution in [0.2, 0.25) is 0 Å². The van der Waals surface area contributed by atoms with Crippen molar-refractivity contribution in [2.75, 3.05) is 31.7 Å². The van der Waals surface area contributed by atoms with E-state index in [1.807, 2.05) is 34.0 Å². The number of carboxylic acids is 1. The summed E-state index contributed by atoms with van der Waals surface area (Å²) >= 11 is 1.45. The highest BCUT2D eigenvalue weighted by Crippen LogP contribution is 2.10. The normalized spacial score (nSPS) is 17.6. The molecule has 0 aromatic carbocycles. The number of carboxylic acid groups (broad SMARTS) is 1. The van der Waals surface area contributed by atoms with Crippen LogP contribution in [0.5, 0.6) is 0 Å². The van der Waals surface area contributed by atoms with Gasteiger partial charge in [0.25, 0.3) is 0 Å². The second-order valence-electron chi connectivity index (χ2n) is 11.2. The van der Waals surface area contributed by atoms with Gasteiger partial charge in [-0.15, -0.1) is 0 Å². The number of nitrogens with one attached hydrogen (secondary N) is 6. The number of hydrogen-bond acceptors (Lipinski definition) is 9. The van der Waals surface area contributed by atoms with Crippen molar-refractivity contribution in [1.82, 2.24) is 31.9 Å². The second kappa shape index (κ2) is 19.3. The van der Waals surface area contributed by atoms with Crippen molar-refractivity contribution in [3.63, 3.8) is 0 Å². The lowest BCUT2D eigenvalue weighted by Crippen LogP contribution is -2.57. The second-order valence-corrected chi connectivity index (χ2v) is 12.2. The van der Waals surface area contributed by atoms with Crippen molar-refractivity contribution in [1.29, 1.82) is 0 Å². The van der Waals surface area contributed by atoms with Crippen LogP contribution >= 0.6 is 11.8 Å².